The van der Waals surface area contributed by atoms with Gasteiger partial charge in [0.05, 0.1) is 19.7 Å². The van der Waals surface area contributed by atoms with E-state index in [4.69, 9.17) is 9.47 Å². The summed E-state index contributed by atoms with van der Waals surface area (Å²) in [6, 6.07) is 4.45. The number of fused-ring (bicyclic) bond motifs is 1. The summed E-state index contributed by atoms with van der Waals surface area (Å²) in [5, 5.41) is 8.26. The van der Waals surface area contributed by atoms with Crippen molar-refractivity contribution in [2.45, 2.75) is 13.0 Å². The molecule has 0 spiro atoms. The minimum absolute atomic E-state index is 0.302. The lowest BCUT2D eigenvalue weighted by Crippen LogP contribution is -2.41. The first-order valence-electron chi connectivity index (χ1n) is 7.78. The van der Waals surface area contributed by atoms with Gasteiger partial charge in [-0.15, -0.1) is 11.3 Å². The van der Waals surface area contributed by atoms with Crippen LogP contribution in [0.1, 0.15) is 17.4 Å². The van der Waals surface area contributed by atoms with E-state index in [0.29, 0.717) is 27.8 Å². The van der Waals surface area contributed by atoms with Crippen LogP contribution in [0.2, 0.25) is 0 Å². The summed E-state index contributed by atoms with van der Waals surface area (Å²) in [7, 11) is 3.10. The van der Waals surface area contributed by atoms with Crippen molar-refractivity contribution in [1.29, 1.82) is 0 Å². The van der Waals surface area contributed by atoms with E-state index in [1.54, 1.807) is 50.9 Å². The standard InChI is InChI=1S/C17H18N4O4S/c1-9(15(22)21-17-18-6-7-26-17)19-16(23)11-8-10-12(24-2)4-5-13(25-3)14(10)20-11/h4-9,20H,1-3H3,(H,19,23)(H,18,21,22)/t9-/m1/s1. The molecule has 136 valence electrons. The van der Waals surface area contributed by atoms with Crippen molar-refractivity contribution >= 4 is 39.2 Å². The molecule has 0 unspecified atom stereocenters. The molecule has 3 aromatic rings. The Balaban J connectivity index is 1.78. The number of carbonyl (C=O) groups excluding carboxylic acids is 2. The van der Waals surface area contributed by atoms with Gasteiger partial charge in [-0.2, -0.15) is 0 Å². The fourth-order valence-corrected chi connectivity index (χ4v) is 3.01. The molecule has 0 aliphatic rings. The molecule has 0 aliphatic heterocycles. The monoisotopic (exact) mass is 374 g/mol. The molecule has 0 aliphatic carbocycles. The van der Waals surface area contributed by atoms with Gasteiger partial charge in [0.2, 0.25) is 5.91 Å². The first kappa shape index (κ1) is 17.7. The summed E-state index contributed by atoms with van der Waals surface area (Å²) in [5.74, 6) is 0.451. The fourth-order valence-electron chi connectivity index (χ4n) is 2.48. The maximum absolute atomic E-state index is 12.5. The second-order valence-corrected chi connectivity index (χ2v) is 6.36. The predicted molar refractivity (Wildman–Crippen MR) is 99.1 cm³/mol. The lowest BCUT2D eigenvalue weighted by molar-refractivity contribution is -0.117. The highest BCUT2D eigenvalue weighted by Crippen LogP contribution is 2.33. The number of aromatic amines is 1. The van der Waals surface area contributed by atoms with Crippen molar-refractivity contribution in [1.82, 2.24) is 15.3 Å². The Morgan fingerprint density at radius 2 is 1.96 bits per heavy atom. The first-order valence-corrected chi connectivity index (χ1v) is 8.66. The zero-order valence-electron chi connectivity index (χ0n) is 14.5. The Morgan fingerprint density at radius 1 is 1.23 bits per heavy atom. The van der Waals surface area contributed by atoms with Crippen molar-refractivity contribution < 1.29 is 19.1 Å². The summed E-state index contributed by atoms with van der Waals surface area (Å²) in [4.78, 5) is 31.7. The van der Waals surface area contributed by atoms with Crippen LogP contribution in [0, 0.1) is 0 Å². The molecule has 0 saturated carbocycles. The summed E-state index contributed by atoms with van der Waals surface area (Å²) in [6.07, 6.45) is 1.59. The minimum Gasteiger partial charge on any atom is -0.496 e. The first-order chi connectivity index (χ1) is 12.5. The molecular formula is C17H18N4O4S. The largest absolute Gasteiger partial charge is 0.496 e. The molecule has 0 radical (unpaired) electrons. The molecule has 1 aromatic carbocycles. The second kappa shape index (κ2) is 7.44. The number of benzene rings is 1. The van der Waals surface area contributed by atoms with Gasteiger partial charge < -0.3 is 25.1 Å². The number of nitrogens with zero attached hydrogens (tertiary/aromatic N) is 1. The van der Waals surface area contributed by atoms with Gasteiger partial charge in [-0.05, 0) is 25.1 Å². The number of aromatic nitrogens is 2. The maximum Gasteiger partial charge on any atom is 0.268 e. The molecule has 3 N–H and O–H groups in total. The van der Waals surface area contributed by atoms with Crippen LogP contribution in [0.4, 0.5) is 5.13 Å². The Morgan fingerprint density at radius 3 is 2.62 bits per heavy atom. The second-order valence-electron chi connectivity index (χ2n) is 5.46. The van der Waals surface area contributed by atoms with Gasteiger partial charge >= 0.3 is 0 Å². The molecule has 9 heteroatoms. The molecule has 26 heavy (non-hydrogen) atoms. The van der Waals surface area contributed by atoms with Crippen LogP contribution in [-0.4, -0.2) is 42.0 Å². The van der Waals surface area contributed by atoms with Crippen LogP contribution in [0.15, 0.2) is 29.8 Å². The number of nitrogens with one attached hydrogen (secondary N) is 3. The van der Waals surface area contributed by atoms with Crippen LogP contribution in [0.25, 0.3) is 10.9 Å². The van der Waals surface area contributed by atoms with Crippen molar-refractivity contribution in [2.24, 2.45) is 0 Å². The average Bonchev–Trinajstić information content (AvgIpc) is 3.30. The van der Waals surface area contributed by atoms with Gasteiger partial charge in [-0.25, -0.2) is 4.98 Å². The van der Waals surface area contributed by atoms with Gasteiger partial charge in [0.25, 0.3) is 5.91 Å². The minimum atomic E-state index is -0.735. The van der Waals surface area contributed by atoms with E-state index < -0.39 is 11.9 Å². The van der Waals surface area contributed by atoms with E-state index in [0.717, 1.165) is 5.39 Å². The molecule has 8 nitrogen and oxygen atoms in total. The topological polar surface area (TPSA) is 105 Å². The van der Waals surface area contributed by atoms with Crippen molar-refractivity contribution in [2.75, 3.05) is 19.5 Å². The number of carbonyl (C=O) groups is 2. The molecule has 0 bridgehead atoms. The van der Waals surface area contributed by atoms with Crippen LogP contribution in [-0.2, 0) is 4.79 Å². The van der Waals surface area contributed by atoms with Crippen LogP contribution >= 0.6 is 11.3 Å². The van der Waals surface area contributed by atoms with E-state index in [2.05, 4.69) is 20.6 Å². The number of amides is 2. The number of anilines is 1. The maximum atomic E-state index is 12.5. The Labute approximate surface area is 153 Å². The van der Waals surface area contributed by atoms with E-state index in [1.807, 2.05) is 0 Å². The Kier molecular flexibility index (Phi) is 5.08. The Bertz CT molecular complexity index is 895. The van der Waals surface area contributed by atoms with Crippen molar-refractivity contribution in [3.05, 3.63) is 35.5 Å². The van der Waals surface area contributed by atoms with E-state index in [1.165, 1.54) is 11.3 Å². The molecule has 0 fully saturated rings. The number of ether oxygens (including phenoxy) is 2. The summed E-state index contributed by atoms with van der Waals surface area (Å²) >= 11 is 1.31. The molecule has 2 amide bonds. The summed E-state index contributed by atoms with van der Waals surface area (Å²) in [6.45, 7) is 1.60. The zero-order chi connectivity index (χ0) is 18.7. The molecule has 1 atom stereocenters. The molecular weight excluding hydrogens is 356 g/mol. The number of thiazole rings is 1. The van der Waals surface area contributed by atoms with Gasteiger partial charge in [-0.1, -0.05) is 0 Å². The molecule has 3 rings (SSSR count). The zero-order valence-corrected chi connectivity index (χ0v) is 15.3. The number of H-pyrrole nitrogens is 1. The Hall–Kier alpha value is -3.07. The predicted octanol–water partition coefficient (Wildman–Crippen LogP) is 2.40. The highest BCUT2D eigenvalue weighted by Gasteiger charge is 2.20. The van der Waals surface area contributed by atoms with E-state index in [-0.39, 0.29) is 5.91 Å². The van der Waals surface area contributed by atoms with E-state index >= 15 is 0 Å². The number of hydrogen-bond acceptors (Lipinski definition) is 6. The van der Waals surface area contributed by atoms with Gasteiger partial charge in [0, 0.05) is 17.0 Å². The normalized spacial score (nSPS) is 11.8. The van der Waals surface area contributed by atoms with Gasteiger partial charge in [-0.3, -0.25) is 9.59 Å². The van der Waals surface area contributed by atoms with Crippen LogP contribution in [0.5, 0.6) is 11.5 Å². The lowest BCUT2D eigenvalue weighted by Gasteiger charge is -2.12. The van der Waals surface area contributed by atoms with Crippen LogP contribution < -0.4 is 20.1 Å². The number of rotatable bonds is 6. The number of hydrogen-bond donors (Lipinski definition) is 3. The highest BCUT2D eigenvalue weighted by molar-refractivity contribution is 7.13. The summed E-state index contributed by atoms with van der Waals surface area (Å²) < 4.78 is 10.6. The summed E-state index contributed by atoms with van der Waals surface area (Å²) in [5.41, 5.74) is 0.952. The fraction of sp³-hybridized carbons (Fsp3) is 0.235. The van der Waals surface area contributed by atoms with E-state index in [9.17, 15) is 9.59 Å². The molecule has 2 aromatic heterocycles. The highest BCUT2D eigenvalue weighted by atomic mass is 32.1. The quantitative estimate of drug-likeness (QED) is 0.614. The molecule has 0 saturated heterocycles. The third-order valence-electron chi connectivity index (χ3n) is 3.80. The molecule has 2 heterocycles. The van der Waals surface area contributed by atoms with Crippen molar-refractivity contribution in [3.63, 3.8) is 0 Å². The lowest BCUT2D eigenvalue weighted by atomic mass is 10.2. The SMILES string of the molecule is COc1ccc(OC)c2[nH]c(C(=O)N[C@H](C)C(=O)Nc3nccs3)cc12. The van der Waals surface area contributed by atoms with Crippen molar-refractivity contribution in [3.8, 4) is 11.5 Å². The smallest absolute Gasteiger partial charge is 0.268 e. The van der Waals surface area contributed by atoms with Gasteiger partial charge in [0.15, 0.2) is 5.13 Å². The van der Waals surface area contributed by atoms with Gasteiger partial charge in [0.1, 0.15) is 23.2 Å². The third kappa shape index (κ3) is 3.47. The average molecular weight is 374 g/mol. The third-order valence-corrected chi connectivity index (χ3v) is 4.49. The van der Waals surface area contributed by atoms with Crippen LogP contribution in [0.3, 0.4) is 0 Å². The number of methoxy groups -OCH3 is 2.